The summed E-state index contributed by atoms with van der Waals surface area (Å²) in [5.74, 6) is -0.259. The summed E-state index contributed by atoms with van der Waals surface area (Å²) >= 11 is 0. The van der Waals surface area contributed by atoms with Crippen LogP contribution in [0.4, 0.5) is 0 Å². The molecular weight excluding hydrogens is 204 g/mol. The fourth-order valence-electron chi connectivity index (χ4n) is 1.65. The van der Waals surface area contributed by atoms with E-state index in [9.17, 15) is 4.79 Å². The molecule has 0 spiro atoms. The zero-order chi connectivity index (χ0) is 11.9. The van der Waals surface area contributed by atoms with Gasteiger partial charge in [0.2, 0.25) is 0 Å². The Hall–Kier alpha value is -1.09. The van der Waals surface area contributed by atoms with Gasteiger partial charge in [-0.3, -0.25) is 0 Å². The van der Waals surface area contributed by atoms with Crippen molar-refractivity contribution in [2.45, 2.75) is 38.2 Å². The molecule has 0 fully saturated rings. The maximum Gasteiger partial charge on any atom is 0.339 e. The van der Waals surface area contributed by atoms with Crippen molar-refractivity contribution in [2.75, 3.05) is 13.2 Å². The first kappa shape index (κ1) is 13.0. The summed E-state index contributed by atoms with van der Waals surface area (Å²) in [6, 6.07) is 0. The van der Waals surface area contributed by atoms with Crippen molar-refractivity contribution in [3.8, 4) is 0 Å². The topological polar surface area (TPSA) is 35.5 Å². The van der Waals surface area contributed by atoms with Gasteiger partial charge in [0.05, 0.1) is 13.2 Å². The minimum absolute atomic E-state index is 0.259. The molecule has 0 aromatic carbocycles. The smallest absolute Gasteiger partial charge is 0.339 e. The molecule has 0 amide bonds. The third-order valence-electron chi connectivity index (χ3n) is 2.65. The van der Waals surface area contributed by atoms with Crippen LogP contribution in [0.15, 0.2) is 24.8 Å². The fraction of sp³-hybridized carbons (Fsp3) is 0.615. The molecule has 0 saturated carbocycles. The van der Waals surface area contributed by atoms with E-state index in [1.807, 2.05) is 12.2 Å². The molecule has 3 heteroatoms. The van der Waals surface area contributed by atoms with E-state index in [1.165, 1.54) is 0 Å². The normalized spacial score (nSPS) is 24.1. The molecule has 0 saturated heterocycles. The second-order valence-corrected chi connectivity index (χ2v) is 3.96. The standard InChI is InChI=1S/C13H20O3/c1-3-5-10-15-12(14)13(8-4-2)9-6-7-11-16-13/h4,6-7H,2-3,5,8-11H2,1H3. The molecule has 1 atom stereocenters. The summed E-state index contributed by atoms with van der Waals surface area (Å²) in [4.78, 5) is 12.0. The largest absolute Gasteiger partial charge is 0.464 e. The number of hydrogen-bond acceptors (Lipinski definition) is 3. The van der Waals surface area contributed by atoms with Crippen molar-refractivity contribution in [3.63, 3.8) is 0 Å². The van der Waals surface area contributed by atoms with Crippen molar-refractivity contribution in [2.24, 2.45) is 0 Å². The molecule has 1 unspecified atom stereocenters. The van der Waals surface area contributed by atoms with Crippen LogP contribution in [-0.2, 0) is 14.3 Å². The highest BCUT2D eigenvalue weighted by atomic mass is 16.6. The van der Waals surface area contributed by atoms with E-state index < -0.39 is 5.60 Å². The van der Waals surface area contributed by atoms with Gasteiger partial charge in [-0.1, -0.05) is 31.6 Å². The Morgan fingerprint density at radius 1 is 1.62 bits per heavy atom. The molecule has 3 nitrogen and oxygen atoms in total. The number of carbonyl (C=O) groups is 1. The van der Waals surface area contributed by atoms with E-state index in [1.54, 1.807) is 6.08 Å². The number of carbonyl (C=O) groups excluding carboxylic acids is 1. The van der Waals surface area contributed by atoms with E-state index in [4.69, 9.17) is 9.47 Å². The van der Waals surface area contributed by atoms with Crippen molar-refractivity contribution in [1.29, 1.82) is 0 Å². The molecule has 16 heavy (non-hydrogen) atoms. The van der Waals surface area contributed by atoms with Gasteiger partial charge in [-0.05, 0) is 6.42 Å². The van der Waals surface area contributed by atoms with Crippen LogP contribution in [0.25, 0.3) is 0 Å². The molecule has 1 heterocycles. The number of ether oxygens (including phenoxy) is 2. The molecule has 0 N–H and O–H groups in total. The lowest BCUT2D eigenvalue weighted by Gasteiger charge is -2.31. The molecule has 1 aliphatic heterocycles. The second kappa shape index (κ2) is 6.48. The van der Waals surface area contributed by atoms with Crippen LogP contribution in [0.3, 0.4) is 0 Å². The van der Waals surface area contributed by atoms with Crippen LogP contribution in [0.5, 0.6) is 0 Å². The highest BCUT2D eigenvalue weighted by Gasteiger charge is 2.40. The first-order valence-electron chi connectivity index (χ1n) is 5.82. The summed E-state index contributed by atoms with van der Waals surface area (Å²) in [6.07, 6.45) is 8.58. The van der Waals surface area contributed by atoms with Crippen LogP contribution >= 0.6 is 0 Å². The number of esters is 1. The Labute approximate surface area is 97.1 Å². The molecule has 0 aliphatic carbocycles. The Balaban J connectivity index is 2.58. The van der Waals surface area contributed by atoms with Gasteiger partial charge in [-0.25, -0.2) is 4.79 Å². The Morgan fingerprint density at radius 2 is 2.44 bits per heavy atom. The zero-order valence-electron chi connectivity index (χ0n) is 9.91. The minimum Gasteiger partial charge on any atom is -0.464 e. The summed E-state index contributed by atoms with van der Waals surface area (Å²) in [5, 5.41) is 0. The zero-order valence-corrected chi connectivity index (χ0v) is 9.91. The highest BCUT2D eigenvalue weighted by Crippen LogP contribution is 2.27. The van der Waals surface area contributed by atoms with Crippen LogP contribution in [0.1, 0.15) is 32.6 Å². The first-order valence-corrected chi connectivity index (χ1v) is 5.82. The van der Waals surface area contributed by atoms with Crippen molar-refractivity contribution in [3.05, 3.63) is 24.8 Å². The highest BCUT2D eigenvalue weighted by molar-refractivity contribution is 5.80. The molecule has 90 valence electrons. The van der Waals surface area contributed by atoms with E-state index in [0.29, 0.717) is 26.1 Å². The molecule has 1 rings (SSSR count). The molecule has 0 aromatic heterocycles. The summed E-state index contributed by atoms with van der Waals surface area (Å²) < 4.78 is 10.8. The quantitative estimate of drug-likeness (QED) is 0.395. The van der Waals surface area contributed by atoms with E-state index >= 15 is 0 Å². The summed E-state index contributed by atoms with van der Waals surface area (Å²) in [6.45, 7) is 6.67. The minimum atomic E-state index is -0.829. The Morgan fingerprint density at radius 3 is 3.00 bits per heavy atom. The lowest BCUT2D eigenvalue weighted by Crippen LogP contribution is -2.44. The Kier molecular flexibility index (Phi) is 5.26. The van der Waals surface area contributed by atoms with Gasteiger partial charge in [0, 0.05) is 12.8 Å². The van der Waals surface area contributed by atoms with Gasteiger partial charge >= 0.3 is 5.97 Å². The predicted octanol–water partition coefficient (Wildman–Crippen LogP) is 2.62. The van der Waals surface area contributed by atoms with Gasteiger partial charge < -0.3 is 9.47 Å². The lowest BCUT2D eigenvalue weighted by molar-refractivity contribution is -0.172. The third kappa shape index (κ3) is 3.20. The number of unbranched alkanes of at least 4 members (excludes halogenated alkanes) is 1. The first-order chi connectivity index (χ1) is 7.75. The van der Waals surface area contributed by atoms with Crippen molar-refractivity contribution >= 4 is 5.97 Å². The SMILES string of the molecule is C=CCC1(C(=O)OCCCC)CC=CCO1. The molecular formula is C13H20O3. The lowest BCUT2D eigenvalue weighted by atomic mass is 9.93. The van der Waals surface area contributed by atoms with Crippen molar-refractivity contribution < 1.29 is 14.3 Å². The second-order valence-electron chi connectivity index (χ2n) is 3.96. The van der Waals surface area contributed by atoms with Crippen LogP contribution in [-0.4, -0.2) is 24.8 Å². The van der Waals surface area contributed by atoms with E-state index in [0.717, 1.165) is 12.8 Å². The van der Waals surface area contributed by atoms with Crippen LogP contribution in [0, 0.1) is 0 Å². The summed E-state index contributed by atoms with van der Waals surface area (Å²) in [7, 11) is 0. The van der Waals surface area contributed by atoms with E-state index in [2.05, 4.69) is 13.5 Å². The van der Waals surface area contributed by atoms with Gasteiger partial charge in [-0.2, -0.15) is 0 Å². The maximum atomic E-state index is 12.0. The van der Waals surface area contributed by atoms with Gasteiger partial charge in [-0.15, -0.1) is 6.58 Å². The molecule has 0 aromatic rings. The van der Waals surface area contributed by atoms with Gasteiger partial charge in [0.25, 0.3) is 0 Å². The fourth-order valence-corrected chi connectivity index (χ4v) is 1.65. The predicted molar refractivity (Wildman–Crippen MR) is 63.1 cm³/mol. The molecule has 1 aliphatic rings. The number of hydrogen-bond donors (Lipinski definition) is 0. The maximum absolute atomic E-state index is 12.0. The van der Waals surface area contributed by atoms with Gasteiger partial charge in [0.15, 0.2) is 5.60 Å². The monoisotopic (exact) mass is 224 g/mol. The van der Waals surface area contributed by atoms with Crippen molar-refractivity contribution in [1.82, 2.24) is 0 Å². The number of rotatable bonds is 6. The average molecular weight is 224 g/mol. The van der Waals surface area contributed by atoms with Crippen LogP contribution in [0.2, 0.25) is 0 Å². The molecule has 0 bridgehead atoms. The average Bonchev–Trinajstić information content (AvgIpc) is 2.31. The Bertz CT molecular complexity index is 270. The van der Waals surface area contributed by atoms with Gasteiger partial charge in [0.1, 0.15) is 0 Å². The van der Waals surface area contributed by atoms with E-state index in [-0.39, 0.29) is 5.97 Å². The third-order valence-corrected chi connectivity index (χ3v) is 2.65. The molecule has 0 radical (unpaired) electrons. The summed E-state index contributed by atoms with van der Waals surface area (Å²) in [5.41, 5.74) is -0.829. The van der Waals surface area contributed by atoms with Crippen LogP contribution < -0.4 is 0 Å².